The van der Waals surface area contributed by atoms with Crippen LogP contribution in [0.25, 0.3) is 11.0 Å². The van der Waals surface area contributed by atoms with Gasteiger partial charge in [0.05, 0.1) is 27.0 Å². The number of benzene rings is 1. The predicted octanol–water partition coefficient (Wildman–Crippen LogP) is 3.45. The first-order valence-electron chi connectivity index (χ1n) is 12.4. The molecule has 0 radical (unpaired) electrons. The standard InChI is InChI=1S/C25H35N7O4/c1-4-6-18(10-12-33)28-23-22-20(29-24(30-23)31-25(34)36-3)14-27-32(22)15-17-9-8-16(13-21(17)35-2)19-7-5-11-26-19/h8-9,13-14,18-19,26,33H,4-7,10-12,15H2,1-3H3,(H2,28,29,30,31,34)/t18-,19?/m0/s1. The molecule has 2 atom stereocenters. The normalized spacial score (nSPS) is 16.2. The van der Waals surface area contributed by atoms with Gasteiger partial charge in [0.1, 0.15) is 16.8 Å². The second-order valence-corrected chi connectivity index (χ2v) is 8.91. The van der Waals surface area contributed by atoms with Crippen LogP contribution in [0.15, 0.2) is 24.4 Å². The number of nitrogens with zero attached hydrogens (tertiary/aromatic N) is 4. The second kappa shape index (κ2) is 12.0. The number of hydrogen-bond acceptors (Lipinski definition) is 9. The molecule has 4 rings (SSSR count). The van der Waals surface area contributed by atoms with Gasteiger partial charge in [-0.2, -0.15) is 10.1 Å². The molecule has 3 aromatic rings. The number of ether oxygens (including phenoxy) is 2. The number of carbonyl (C=O) groups excluding carboxylic acids is 1. The zero-order valence-corrected chi connectivity index (χ0v) is 21.1. The van der Waals surface area contributed by atoms with Gasteiger partial charge in [-0.05, 0) is 43.9 Å². The second-order valence-electron chi connectivity index (χ2n) is 8.91. The fraction of sp³-hybridized carbons (Fsp3) is 0.520. The highest BCUT2D eigenvalue weighted by Crippen LogP contribution is 2.30. The lowest BCUT2D eigenvalue weighted by molar-refractivity contribution is 0.186. The van der Waals surface area contributed by atoms with Gasteiger partial charge >= 0.3 is 6.09 Å². The smallest absolute Gasteiger partial charge is 0.413 e. The van der Waals surface area contributed by atoms with Crippen LogP contribution < -0.4 is 20.7 Å². The summed E-state index contributed by atoms with van der Waals surface area (Å²) in [5.74, 6) is 1.44. The number of anilines is 2. The molecular formula is C25H35N7O4. The van der Waals surface area contributed by atoms with E-state index >= 15 is 0 Å². The Kier molecular flexibility index (Phi) is 8.55. The number of nitrogens with one attached hydrogen (secondary N) is 3. The summed E-state index contributed by atoms with van der Waals surface area (Å²) in [7, 11) is 2.96. The molecule has 1 fully saturated rings. The molecule has 1 saturated heterocycles. The Morgan fingerprint density at radius 3 is 2.86 bits per heavy atom. The molecule has 1 aliphatic heterocycles. The molecule has 194 valence electrons. The van der Waals surface area contributed by atoms with Gasteiger partial charge in [0.2, 0.25) is 5.95 Å². The molecule has 1 unspecified atom stereocenters. The molecule has 2 aromatic heterocycles. The Morgan fingerprint density at radius 2 is 2.17 bits per heavy atom. The first-order chi connectivity index (χ1) is 17.6. The van der Waals surface area contributed by atoms with Crippen LogP contribution in [0.5, 0.6) is 5.75 Å². The molecule has 1 aliphatic rings. The van der Waals surface area contributed by atoms with Gasteiger partial charge in [-0.3, -0.25) is 10.00 Å². The molecule has 36 heavy (non-hydrogen) atoms. The number of aliphatic hydroxyl groups is 1. The van der Waals surface area contributed by atoms with Crippen molar-refractivity contribution in [1.29, 1.82) is 0 Å². The molecule has 1 amide bonds. The van der Waals surface area contributed by atoms with Crippen molar-refractivity contribution in [3.63, 3.8) is 0 Å². The van der Waals surface area contributed by atoms with E-state index in [0.717, 1.165) is 37.1 Å². The Bertz CT molecular complexity index is 1170. The van der Waals surface area contributed by atoms with Crippen molar-refractivity contribution >= 4 is 28.9 Å². The monoisotopic (exact) mass is 497 g/mol. The summed E-state index contributed by atoms with van der Waals surface area (Å²) in [5.41, 5.74) is 3.47. The van der Waals surface area contributed by atoms with E-state index in [1.165, 1.54) is 19.1 Å². The summed E-state index contributed by atoms with van der Waals surface area (Å²) in [6.45, 7) is 3.63. The minimum Gasteiger partial charge on any atom is -0.496 e. The number of amides is 1. The van der Waals surface area contributed by atoms with Gasteiger partial charge in [-0.1, -0.05) is 25.5 Å². The quantitative estimate of drug-likeness (QED) is 0.314. The van der Waals surface area contributed by atoms with Crippen molar-refractivity contribution in [1.82, 2.24) is 25.1 Å². The number of hydrogen-bond donors (Lipinski definition) is 4. The number of aromatic nitrogens is 4. The summed E-state index contributed by atoms with van der Waals surface area (Å²) in [5, 5.41) is 23.6. The number of methoxy groups -OCH3 is 2. The molecule has 0 bridgehead atoms. The maximum Gasteiger partial charge on any atom is 0.413 e. The van der Waals surface area contributed by atoms with Crippen molar-refractivity contribution in [2.24, 2.45) is 0 Å². The van der Waals surface area contributed by atoms with Gasteiger partial charge in [-0.25, -0.2) is 9.78 Å². The first-order valence-corrected chi connectivity index (χ1v) is 12.4. The van der Waals surface area contributed by atoms with Crippen LogP contribution in [-0.2, 0) is 11.3 Å². The number of aliphatic hydroxyl groups excluding tert-OH is 1. The molecule has 0 spiro atoms. The van der Waals surface area contributed by atoms with E-state index in [9.17, 15) is 9.90 Å². The van der Waals surface area contributed by atoms with Crippen LogP contribution in [0.1, 0.15) is 56.2 Å². The van der Waals surface area contributed by atoms with Crippen LogP contribution in [0.3, 0.4) is 0 Å². The average molecular weight is 498 g/mol. The minimum absolute atomic E-state index is 0.000146. The van der Waals surface area contributed by atoms with Gasteiger partial charge in [-0.15, -0.1) is 0 Å². The first kappa shape index (κ1) is 25.6. The predicted molar refractivity (Wildman–Crippen MR) is 137 cm³/mol. The van der Waals surface area contributed by atoms with Gasteiger partial charge in [0, 0.05) is 24.3 Å². The van der Waals surface area contributed by atoms with E-state index in [2.05, 4.69) is 56.1 Å². The lowest BCUT2D eigenvalue weighted by Crippen LogP contribution is -2.23. The van der Waals surface area contributed by atoms with E-state index in [1.54, 1.807) is 13.3 Å². The van der Waals surface area contributed by atoms with Crippen molar-refractivity contribution in [3.05, 3.63) is 35.5 Å². The third kappa shape index (κ3) is 5.85. The fourth-order valence-electron chi connectivity index (χ4n) is 4.64. The Labute approximate surface area is 210 Å². The molecule has 0 aliphatic carbocycles. The van der Waals surface area contributed by atoms with E-state index in [4.69, 9.17) is 9.47 Å². The Hall–Kier alpha value is -3.44. The molecule has 3 heterocycles. The third-order valence-electron chi connectivity index (χ3n) is 6.44. The van der Waals surface area contributed by atoms with E-state index in [-0.39, 0.29) is 18.6 Å². The van der Waals surface area contributed by atoms with Crippen LogP contribution in [0, 0.1) is 0 Å². The van der Waals surface area contributed by atoms with E-state index in [0.29, 0.717) is 35.9 Å². The Balaban J connectivity index is 1.70. The number of rotatable bonds is 11. The molecule has 4 N–H and O–H groups in total. The molecule has 1 aromatic carbocycles. The third-order valence-corrected chi connectivity index (χ3v) is 6.44. The zero-order valence-electron chi connectivity index (χ0n) is 21.1. The van der Waals surface area contributed by atoms with E-state index < -0.39 is 6.09 Å². The maximum atomic E-state index is 11.8. The van der Waals surface area contributed by atoms with Crippen molar-refractivity contribution in [2.75, 3.05) is 38.0 Å². The highest BCUT2D eigenvalue weighted by molar-refractivity contribution is 5.89. The molecular weight excluding hydrogens is 462 g/mol. The van der Waals surface area contributed by atoms with Crippen LogP contribution in [-0.4, -0.2) is 64.4 Å². The highest BCUT2D eigenvalue weighted by Gasteiger charge is 2.21. The van der Waals surface area contributed by atoms with Crippen molar-refractivity contribution in [3.8, 4) is 5.75 Å². The van der Waals surface area contributed by atoms with Crippen LogP contribution >= 0.6 is 0 Å². The van der Waals surface area contributed by atoms with Crippen molar-refractivity contribution < 1.29 is 19.4 Å². The maximum absolute atomic E-state index is 11.8. The summed E-state index contributed by atoms with van der Waals surface area (Å²) in [6.07, 6.45) is 5.64. The van der Waals surface area contributed by atoms with Crippen LogP contribution in [0.4, 0.5) is 16.6 Å². The summed E-state index contributed by atoms with van der Waals surface area (Å²) in [6, 6.07) is 6.66. The van der Waals surface area contributed by atoms with Gasteiger partial charge < -0.3 is 25.2 Å². The largest absolute Gasteiger partial charge is 0.496 e. The summed E-state index contributed by atoms with van der Waals surface area (Å²) >= 11 is 0. The zero-order chi connectivity index (χ0) is 25.5. The summed E-state index contributed by atoms with van der Waals surface area (Å²) < 4.78 is 12.3. The van der Waals surface area contributed by atoms with Crippen LogP contribution in [0.2, 0.25) is 0 Å². The molecule has 11 heteroatoms. The Morgan fingerprint density at radius 1 is 1.31 bits per heavy atom. The number of carbonyl (C=O) groups is 1. The minimum atomic E-state index is -0.658. The molecule has 0 saturated carbocycles. The van der Waals surface area contributed by atoms with Gasteiger partial charge in [0.25, 0.3) is 0 Å². The number of fused-ring (bicyclic) bond motifs is 1. The van der Waals surface area contributed by atoms with Gasteiger partial charge in [0.15, 0.2) is 5.82 Å². The fourth-order valence-corrected chi connectivity index (χ4v) is 4.64. The topological polar surface area (TPSA) is 135 Å². The highest BCUT2D eigenvalue weighted by atomic mass is 16.5. The van der Waals surface area contributed by atoms with Crippen molar-refractivity contribution in [2.45, 2.75) is 57.7 Å². The average Bonchev–Trinajstić information content (AvgIpc) is 3.55. The lowest BCUT2D eigenvalue weighted by atomic mass is 10.0. The lowest BCUT2D eigenvalue weighted by Gasteiger charge is -2.19. The molecule has 11 nitrogen and oxygen atoms in total. The summed E-state index contributed by atoms with van der Waals surface area (Å²) in [4.78, 5) is 20.8. The SMILES string of the molecule is CCC[C@@H](CCO)Nc1nc(NC(=O)OC)nc2cnn(Cc3ccc(C4CCCN4)cc3OC)c12. The van der Waals surface area contributed by atoms with E-state index in [1.807, 2.05) is 4.68 Å².